The van der Waals surface area contributed by atoms with Gasteiger partial charge in [0, 0.05) is 22.7 Å². The molecular weight excluding hydrogens is 360 g/mol. The van der Waals surface area contributed by atoms with Gasteiger partial charge in [0.1, 0.15) is 23.3 Å². The van der Waals surface area contributed by atoms with E-state index in [9.17, 15) is 5.26 Å². The van der Waals surface area contributed by atoms with Crippen LogP contribution in [0.25, 0.3) is 16.9 Å². The number of nitriles is 1. The fourth-order valence-electron chi connectivity index (χ4n) is 3.51. The largest absolute Gasteiger partial charge is 0.496 e. The zero-order valence-corrected chi connectivity index (χ0v) is 15.8. The number of methoxy groups -OCH3 is 1. The van der Waals surface area contributed by atoms with Gasteiger partial charge in [0.2, 0.25) is 0 Å². The van der Waals surface area contributed by atoms with E-state index >= 15 is 0 Å². The summed E-state index contributed by atoms with van der Waals surface area (Å²) in [6, 6.07) is 15.3. The SMILES string of the molecule is COc1ccc(Cl)cc1-c1nn(-c2ccccc2C#N)c2c1CCCCN2. The molecule has 2 heterocycles. The van der Waals surface area contributed by atoms with E-state index in [1.54, 1.807) is 13.2 Å². The van der Waals surface area contributed by atoms with Gasteiger partial charge in [-0.3, -0.25) is 0 Å². The van der Waals surface area contributed by atoms with Gasteiger partial charge in [0.05, 0.1) is 18.4 Å². The molecule has 0 unspecified atom stereocenters. The van der Waals surface area contributed by atoms with Gasteiger partial charge in [-0.25, -0.2) is 4.68 Å². The summed E-state index contributed by atoms with van der Waals surface area (Å²) in [5.41, 5.74) is 4.17. The van der Waals surface area contributed by atoms with E-state index in [1.807, 2.05) is 41.1 Å². The third-order valence-corrected chi connectivity index (χ3v) is 5.03. The molecule has 0 radical (unpaired) electrons. The van der Waals surface area contributed by atoms with E-state index in [4.69, 9.17) is 21.4 Å². The summed E-state index contributed by atoms with van der Waals surface area (Å²) in [5, 5.41) is 18.6. The van der Waals surface area contributed by atoms with E-state index in [0.717, 1.165) is 59.9 Å². The first-order valence-electron chi connectivity index (χ1n) is 8.92. The second-order valence-corrected chi connectivity index (χ2v) is 6.88. The van der Waals surface area contributed by atoms with Crippen LogP contribution >= 0.6 is 11.6 Å². The highest BCUT2D eigenvalue weighted by atomic mass is 35.5. The van der Waals surface area contributed by atoms with Crippen LogP contribution < -0.4 is 10.1 Å². The van der Waals surface area contributed by atoms with Crippen LogP contribution in [-0.4, -0.2) is 23.4 Å². The van der Waals surface area contributed by atoms with Gasteiger partial charge in [-0.15, -0.1) is 0 Å². The molecular formula is C21H19ClN4O. The predicted octanol–water partition coefficient (Wildman–Crippen LogP) is 4.82. The van der Waals surface area contributed by atoms with E-state index in [2.05, 4.69) is 11.4 Å². The average molecular weight is 379 g/mol. The maximum Gasteiger partial charge on any atom is 0.133 e. The lowest BCUT2D eigenvalue weighted by Gasteiger charge is -2.10. The molecule has 136 valence electrons. The van der Waals surface area contributed by atoms with Crippen molar-refractivity contribution in [3.05, 3.63) is 58.6 Å². The molecule has 1 aliphatic heterocycles. The van der Waals surface area contributed by atoms with E-state index in [1.165, 1.54) is 0 Å². The highest BCUT2D eigenvalue weighted by Gasteiger charge is 2.24. The zero-order chi connectivity index (χ0) is 18.8. The van der Waals surface area contributed by atoms with Crippen LogP contribution in [0.5, 0.6) is 5.75 Å². The summed E-state index contributed by atoms with van der Waals surface area (Å²) in [6.07, 6.45) is 3.06. The Kier molecular flexibility index (Phi) is 4.74. The second kappa shape index (κ2) is 7.34. The van der Waals surface area contributed by atoms with Gasteiger partial charge < -0.3 is 10.1 Å². The normalized spacial score (nSPS) is 13.2. The number of halogens is 1. The van der Waals surface area contributed by atoms with Crippen LogP contribution in [0.3, 0.4) is 0 Å². The fraction of sp³-hybridized carbons (Fsp3) is 0.238. The minimum absolute atomic E-state index is 0.582. The number of aromatic nitrogens is 2. The number of anilines is 1. The summed E-state index contributed by atoms with van der Waals surface area (Å²) in [7, 11) is 1.64. The minimum Gasteiger partial charge on any atom is -0.496 e. The highest BCUT2D eigenvalue weighted by molar-refractivity contribution is 6.31. The molecule has 0 fully saturated rings. The van der Waals surface area contributed by atoms with Crippen molar-refractivity contribution in [1.29, 1.82) is 5.26 Å². The lowest BCUT2D eigenvalue weighted by molar-refractivity contribution is 0.416. The molecule has 1 aliphatic rings. The third-order valence-electron chi connectivity index (χ3n) is 4.80. The number of ether oxygens (including phenoxy) is 1. The molecule has 0 bridgehead atoms. The quantitative estimate of drug-likeness (QED) is 0.709. The first-order valence-corrected chi connectivity index (χ1v) is 9.30. The van der Waals surface area contributed by atoms with E-state index < -0.39 is 0 Å². The Labute approximate surface area is 163 Å². The molecule has 27 heavy (non-hydrogen) atoms. The number of benzene rings is 2. The van der Waals surface area contributed by atoms with Gasteiger partial charge in [-0.05, 0) is 49.6 Å². The molecule has 0 saturated carbocycles. The monoisotopic (exact) mass is 378 g/mol. The summed E-state index contributed by atoms with van der Waals surface area (Å²) in [5.74, 6) is 1.66. The van der Waals surface area contributed by atoms with Crippen molar-refractivity contribution >= 4 is 17.4 Å². The molecule has 1 aromatic heterocycles. The topological polar surface area (TPSA) is 62.9 Å². The van der Waals surface area contributed by atoms with Crippen molar-refractivity contribution in [3.8, 4) is 28.8 Å². The lowest BCUT2D eigenvalue weighted by atomic mass is 10.0. The van der Waals surface area contributed by atoms with Crippen molar-refractivity contribution in [2.75, 3.05) is 19.0 Å². The predicted molar refractivity (Wildman–Crippen MR) is 107 cm³/mol. The Morgan fingerprint density at radius 2 is 2.07 bits per heavy atom. The molecule has 0 atom stereocenters. The second-order valence-electron chi connectivity index (χ2n) is 6.45. The van der Waals surface area contributed by atoms with Crippen LogP contribution in [0.2, 0.25) is 5.02 Å². The number of nitrogens with one attached hydrogen (secondary N) is 1. The average Bonchev–Trinajstić information content (AvgIpc) is 2.88. The van der Waals surface area contributed by atoms with Gasteiger partial charge in [-0.1, -0.05) is 23.7 Å². The maximum absolute atomic E-state index is 9.53. The summed E-state index contributed by atoms with van der Waals surface area (Å²) >= 11 is 6.26. The Bertz CT molecular complexity index is 1040. The Morgan fingerprint density at radius 1 is 1.22 bits per heavy atom. The first kappa shape index (κ1) is 17.4. The zero-order valence-electron chi connectivity index (χ0n) is 15.0. The Hall–Kier alpha value is -2.97. The number of para-hydroxylation sites is 1. The number of nitrogens with zero attached hydrogens (tertiary/aromatic N) is 3. The number of hydrogen-bond donors (Lipinski definition) is 1. The molecule has 0 spiro atoms. The number of fused-ring (bicyclic) bond motifs is 1. The molecule has 0 amide bonds. The van der Waals surface area contributed by atoms with Crippen LogP contribution in [0, 0.1) is 11.3 Å². The molecule has 0 saturated heterocycles. The molecule has 3 aromatic rings. The van der Waals surface area contributed by atoms with Crippen molar-refractivity contribution in [2.45, 2.75) is 19.3 Å². The van der Waals surface area contributed by atoms with E-state index in [0.29, 0.717) is 10.6 Å². The molecule has 6 heteroatoms. The van der Waals surface area contributed by atoms with Crippen molar-refractivity contribution in [2.24, 2.45) is 0 Å². The van der Waals surface area contributed by atoms with Crippen molar-refractivity contribution < 1.29 is 4.74 Å². The van der Waals surface area contributed by atoms with Crippen molar-refractivity contribution in [1.82, 2.24) is 9.78 Å². The summed E-state index contributed by atoms with van der Waals surface area (Å²) < 4.78 is 7.40. The maximum atomic E-state index is 9.53. The smallest absolute Gasteiger partial charge is 0.133 e. The molecule has 2 aromatic carbocycles. The van der Waals surface area contributed by atoms with Gasteiger partial charge >= 0.3 is 0 Å². The van der Waals surface area contributed by atoms with Gasteiger partial charge in [0.25, 0.3) is 0 Å². The van der Waals surface area contributed by atoms with Gasteiger partial charge in [-0.2, -0.15) is 10.4 Å². The highest BCUT2D eigenvalue weighted by Crippen LogP contribution is 2.39. The Morgan fingerprint density at radius 3 is 2.89 bits per heavy atom. The molecule has 5 nitrogen and oxygen atoms in total. The minimum atomic E-state index is 0.582. The molecule has 1 N–H and O–H groups in total. The summed E-state index contributed by atoms with van der Waals surface area (Å²) in [6.45, 7) is 0.875. The van der Waals surface area contributed by atoms with Crippen LogP contribution in [0.1, 0.15) is 24.0 Å². The van der Waals surface area contributed by atoms with Crippen molar-refractivity contribution in [3.63, 3.8) is 0 Å². The van der Waals surface area contributed by atoms with E-state index in [-0.39, 0.29) is 0 Å². The van der Waals surface area contributed by atoms with Crippen LogP contribution in [0.15, 0.2) is 42.5 Å². The van der Waals surface area contributed by atoms with Crippen LogP contribution in [0.4, 0.5) is 5.82 Å². The first-order chi connectivity index (χ1) is 13.2. The standard InChI is InChI=1S/C21H19ClN4O/c1-27-19-10-9-15(22)12-17(19)20-16-7-4-5-11-24-21(16)26(25-20)18-8-3-2-6-14(18)13-23/h2-3,6,8-10,12,24H,4-5,7,11H2,1H3. The van der Waals surface area contributed by atoms with Gasteiger partial charge in [0.15, 0.2) is 0 Å². The Balaban J connectivity index is 1.99. The number of hydrogen-bond acceptors (Lipinski definition) is 4. The molecule has 4 rings (SSSR count). The van der Waals surface area contributed by atoms with Crippen LogP contribution in [-0.2, 0) is 6.42 Å². The molecule has 0 aliphatic carbocycles. The lowest BCUT2D eigenvalue weighted by Crippen LogP contribution is -2.08. The fourth-order valence-corrected chi connectivity index (χ4v) is 3.68. The summed E-state index contributed by atoms with van der Waals surface area (Å²) in [4.78, 5) is 0. The third kappa shape index (κ3) is 3.13. The number of rotatable bonds is 3.